The second kappa shape index (κ2) is 5.54. The summed E-state index contributed by atoms with van der Waals surface area (Å²) in [4.78, 5) is 0. The highest BCUT2D eigenvalue weighted by Crippen LogP contribution is 2.33. The van der Waals surface area contributed by atoms with Crippen molar-refractivity contribution in [1.29, 1.82) is 0 Å². The summed E-state index contributed by atoms with van der Waals surface area (Å²) in [5, 5.41) is 9.76. The van der Waals surface area contributed by atoms with E-state index in [0.717, 1.165) is 35.3 Å². The minimum atomic E-state index is -0.341. The summed E-state index contributed by atoms with van der Waals surface area (Å²) in [5.41, 5.74) is 3.05. The molecule has 0 aliphatic heterocycles. The lowest BCUT2D eigenvalue weighted by atomic mass is 10.1. The first kappa shape index (κ1) is 13.6. The highest BCUT2D eigenvalue weighted by atomic mass is 79.9. The van der Waals surface area contributed by atoms with Gasteiger partial charge in [0.2, 0.25) is 0 Å². The van der Waals surface area contributed by atoms with Crippen LogP contribution >= 0.6 is 15.9 Å². The van der Waals surface area contributed by atoms with Crippen LogP contribution < -0.4 is 4.74 Å². The molecule has 0 radical (unpaired) electrons. The van der Waals surface area contributed by atoms with Gasteiger partial charge in [-0.1, -0.05) is 12.1 Å². The van der Waals surface area contributed by atoms with Crippen LogP contribution in [-0.2, 0) is 13.0 Å². The number of aliphatic hydroxyl groups excluding tert-OH is 1. The first-order chi connectivity index (χ1) is 9.63. The molecule has 1 N–H and O–H groups in total. The molecule has 2 aromatic carbocycles. The summed E-state index contributed by atoms with van der Waals surface area (Å²) in [5.74, 6) is 0.499. The lowest BCUT2D eigenvalue weighted by molar-refractivity contribution is 0.180. The van der Waals surface area contributed by atoms with Crippen LogP contribution in [0.1, 0.15) is 29.2 Å². The molecule has 2 aromatic rings. The summed E-state index contributed by atoms with van der Waals surface area (Å²) in [6.07, 6.45) is 1.33. The second-order valence-electron chi connectivity index (χ2n) is 4.95. The van der Waals surface area contributed by atoms with Crippen LogP contribution in [0.15, 0.2) is 40.9 Å². The summed E-state index contributed by atoms with van der Waals surface area (Å²) in [6, 6.07) is 10.6. The summed E-state index contributed by atoms with van der Waals surface area (Å²) in [7, 11) is 0. The fraction of sp³-hybridized carbons (Fsp3) is 0.250. The molecule has 0 saturated carbocycles. The Kier molecular flexibility index (Phi) is 3.76. The maximum atomic E-state index is 13.1. The van der Waals surface area contributed by atoms with Gasteiger partial charge in [0.1, 0.15) is 18.2 Å². The van der Waals surface area contributed by atoms with Crippen molar-refractivity contribution >= 4 is 15.9 Å². The lowest BCUT2D eigenvalue weighted by Gasteiger charge is -2.09. The molecule has 0 spiro atoms. The van der Waals surface area contributed by atoms with Gasteiger partial charge in [0.25, 0.3) is 0 Å². The minimum Gasteiger partial charge on any atom is -0.489 e. The van der Waals surface area contributed by atoms with E-state index in [0.29, 0.717) is 11.1 Å². The zero-order valence-corrected chi connectivity index (χ0v) is 12.4. The van der Waals surface area contributed by atoms with Crippen molar-refractivity contribution in [2.24, 2.45) is 0 Å². The molecular weight excluding hydrogens is 323 g/mol. The first-order valence-corrected chi connectivity index (χ1v) is 7.30. The number of aryl methyl sites for hydroxylation is 1. The third kappa shape index (κ3) is 2.72. The van der Waals surface area contributed by atoms with E-state index in [9.17, 15) is 9.50 Å². The van der Waals surface area contributed by atoms with Crippen LogP contribution in [0, 0.1) is 5.82 Å². The Labute approximate surface area is 125 Å². The van der Waals surface area contributed by atoms with Gasteiger partial charge in [-0.25, -0.2) is 4.39 Å². The quantitative estimate of drug-likeness (QED) is 0.912. The predicted molar refractivity (Wildman–Crippen MR) is 78.2 cm³/mol. The number of halogens is 2. The molecule has 0 fully saturated rings. The normalized spacial score (nSPS) is 17.1. The number of rotatable bonds is 3. The molecule has 20 heavy (non-hydrogen) atoms. The molecule has 4 heteroatoms. The van der Waals surface area contributed by atoms with Gasteiger partial charge in [0.15, 0.2) is 0 Å². The van der Waals surface area contributed by atoms with Gasteiger partial charge in [-0.15, -0.1) is 0 Å². The monoisotopic (exact) mass is 336 g/mol. The van der Waals surface area contributed by atoms with Gasteiger partial charge in [0.05, 0.1) is 10.6 Å². The molecule has 0 aromatic heterocycles. The molecule has 104 valence electrons. The van der Waals surface area contributed by atoms with Gasteiger partial charge in [-0.05, 0) is 69.7 Å². The van der Waals surface area contributed by atoms with Crippen molar-refractivity contribution in [3.8, 4) is 5.75 Å². The Morgan fingerprint density at radius 3 is 2.90 bits per heavy atom. The summed E-state index contributed by atoms with van der Waals surface area (Å²) >= 11 is 3.16. The third-order valence-corrected chi connectivity index (χ3v) is 4.16. The molecule has 1 aliphatic rings. The number of aliphatic hydroxyl groups is 1. The first-order valence-electron chi connectivity index (χ1n) is 6.51. The Morgan fingerprint density at radius 1 is 1.25 bits per heavy atom. The van der Waals surface area contributed by atoms with E-state index in [1.807, 2.05) is 18.2 Å². The Balaban J connectivity index is 1.71. The fourth-order valence-electron chi connectivity index (χ4n) is 2.46. The number of hydrogen-bond donors (Lipinski definition) is 1. The van der Waals surface area contributed by atoms with Crippen LogP contribution in [0.2, 0.25) is 0 Å². The van der Waals surface area contributed by atoms with Crippen molar-refractivity contribution < 1.29 is 14.2 Å². The molecule has 0 amide bonds. The van der Waals surface area contributed by atoms with Crippen molar-refractivity contribution in [2.75, 3.05) is 0 Å². The molecule has 0 heterocycles. The SMILES string of the molecule is O[C@H]1CCc2cc(OCc3ccc(F)c(Br)c3)ccc21. The van der Waals surface area contributed by atoms with E-state index < -0.39 is 0 Å². The highest BCUT2D eigenvalue weighted by molar-refractivity contribution is 9.10. The molecular formula is C16H14BrFO2. The van der Waals surface area contributed by atoms with E-state index >= 15 is 0 Å². The maximum absolute atomic E-state index is 13.1. The maximum Gasteiger partial charge on any atom is 0.137 e. The third-order valence-electron chi connectivity index (χ3n) is 3.55. The van der Waals surface area contributed by atoms with Crippen LogP contribution in [0.3, 0.4) is 0 Å². The zero-order valence-electron chi connectivity index (χ0n) is 10.8. The minimum absolute atomic E-state index is 0.278. The molecule has 3 rings (SSSR count). The number of hydrogen-bond acceptors (Lipinski definition) is 2. The van der Waals surface area contributed by atoms with Crippen molar-refractivity contribution in [2.45, 2.75) is 25.6 Å². The van der Waals surface area contributed by atoms with Gasteiger partial charge in [-0.3, -0.25) is 0 Å². The number of benzene rings is 2. The van der Waals surface area contributed by atoms with Crippen LogP contribution in [0.4, 0.5) is 4.39 Å². The van der Waals surface area contributed by atoms with Gasteiger partial charge < -0.3 is 9.84 Å². The lowest BCUT2D eigenvalue weighted by Crippen LogP contribution is -1.97. The van der Waals surface area contributed by atoms with Crippen LogP contribution in [0.5, 0.6) is 5.75 Å². The predicted octanol–water partition coefficient (Wildman–Crippen LogP) is 4.15. The Bertz CT molecular complexity index is 642. The molecule has 0 saturated heterocycles. The standard InChI is InChI=1S/C16H14BrFO2/c17-14-7-10(1-5-15(14)18)9-20-12-3-4-13-11(8-12)2-6-16(13)19/h1,3-5,7-8,16,19H,2,6,9H2/t16-/m0/s1. The van der Waals surface area contributed by atoms with Crippen molar-refractivity contribution in [3.63, 3.8) is 0 Å². The largest absolute Gasteiger partial charge is 0.489 e. The van der Waals surface area contributed by atoms with Crippen molar-refractivity contribution in [1.82, 2.24) is 0 Å². The van der Waals surface area contributed by atoms with Crippen LogP contribution in [0.25, 0.3) is 0 Å². The zero-order chi connectivity index (χ0) is 14.1. The van der Waals surface area contributed by atoms with Gasteiger partial charge >= 0.3 is 0 Å². The van der Waals surface area contributed by atoms with Crippen LogP contribution in [-0.4, -0.2) is 5.11 Å². The van der Waals surface area contributed by atoms with E-state index in [1.165, 1.54) is 6.07 Å². The van der Waals surface area contributed by atoms with Gasteiger partial charge in [0, 0.05) is 0 Å². The highest BCUT2D eigenvalue weighted by Gasteiger charge is 2.20. The Morgan fingerprint density at radius 2 is 2.10 bits per heavy atom. The molecule has 0 bridgehead atoms. The fourth-order valence-corrected chi connectivity index (χ4v) is 2.88. The molecule has 2 nitrogen and oxygen atoms in total. The van der Waals surface area contributed by atoms with E-state index in [4.69, 9.17) is 4.74 Å². The van der Waals surface area contributed by atoms with E-state index in [1.54, 1.807) is 12.1 Å². The molecule has 0 unspecified atom stereocenters. The van der Waals surface area contributed by atoms with Gasteiger partial charge in [-0.2, -0.15) is 0 Å². The topological polar surface area (TPSA) is 29.5 Å². The van der Waals surface area contributed by atoms with E-state index in [-0.39, 0.29) is 11.9 Å². The summed E-state index contributed by atoms with van der Waals surface area (Å²) in [6.45, 7) is 0.389. The van der Waals surface area contributed by atoms with Crippen molar-refractivity contribution in [3.05, 3.63) is 63.4 Å². The molecule has 1 atom stereocenters. The average Bonchev–Trinajstić information content (AvgIpc) is 2.81. The second-order valence-corrected chi connectivity index (χ2v) is 5.81. The Hall–Kier alpha value is -1.39. The summed E-state index contributed by atoms with van der Waals surface area (Å²) < 4.78 is 19.3. The smallest absolute Gasteiger partial charge is 0.137 e. The average molecular weight is 337 g/mol. The van der Waals surface area contributed by atoms with E-state index in [2.05, 4.69) is 15.9 Å². The molecule has 1 aliphatic carbocycles. The number of ether oxygens (including phenoxy) is 1. The number of fused-ring (bicyclic) bond motifs is 1.